The van der Waals surface area contributed by atoms with Crippen LogP contribution in [0.15, 0.2) is 47.3 Å². The lowest BCUT2D eigenvalue weighted by Crippen LogP contribution is -2.49. The second kappa shape index (κ2) is 8.48. The smallest absolute Gasteiger partial charge is 0.223 e. The van der Waals surface area contributed by atoms with Gasteiger partial charge < -0.3 is 23.9 Å². The van der Waals surface area contributed by atoms with Gasteiger partial charge in [-0.25, -0.2) is 9.97 Å². The molecule has 0 saturated carbocycles. The standard InChI is InChI=1S/C21H25N5O3/c1-25-11-10-23-21(25)17-13-22-9-12-26(17)20(27)8-7-19-24-14-18(29-19)15-3-5-16(28-2)6-4-15/h3-6,10-11,14,17,22H,7-9,12-13H2,1-2H3. The average molecular weight is 395 g/mol. The van der Waals surface area contributed by atoms with Crippen molar-refractivity contribution < 1.29 is 13.9 Å². The summed E-state index contributed by atoms with van der Waals surface area (Å²) < 4.78 is 13.0. The van der Waals surface area contributed by atoms with E-state index in [2.05, 4.69) is 15.3 Å². The zero-order valence-electron chi connectivity index (χ0n) is 16.7. The molecule has 1 N–H and O–H groups in total. The van der Waals surface area contributed by atoms with Crippen molar-refractivity contribution in [2.45, 2.75) is 18.9 Å². The Kier molecular flexibility index (Phi) is 5.62. The number of imidazole rings is 1. The summed E-state index contributed by atoms with van der Waals surface area (Å²) in [4.78, 5) is 23.6. The summed E-state index contributed by atoms with van der Waals surface area (Å²) in [6.45, 7) is 2.16. The van der Waals surface area contributed by atoms with E-state index >= 15 is 0 Å². The maximum Gasteiger partial charge on any atom is 0.223 e. The molecular formula is C21H25N5O3. The number of oxazole rings is 1. The summed E-state index contributed by atoms with van der Waals surface area (Å²) in [7, 11) is 3.59. The van der Waals surface area contributed by atoms with Crippen LogP contribution in [0.4, 0.5) is 0 Å². The molecule has 0 aliphatic carbocycles. The van der Waals surface area contributed by atoms with Gasteiger partial charge in [-0.05, 0) is 24.3 Å². The van der Waals surface area contributed by atoms with E-state index in [1.54, 1.807) is 19.5 Å². The van der Waals surface area contributed by atoms with E-state index in [9.17, 15) is 4.79 Å². The minimum Gasteiger partial charge on any atom is -0.497 e. The van der Waals surface area contributed by atoms with Gasteiger partial charge in [0.25, 0.3) is 0 Å². The molecule has 1 aliphatic heterocycles. The molecule has 1 fully saturated rings. The Morgan fingerprint density at radius 2 is 2.14 bits per heavy atom. The van der Waals surface area contributed by atoms with Gasteiger partial charge in [-0.2, -0.15) is 0 Å². The van der Waals surface area contributed by atoms with Crippen molar-refractivity contribution in [3.63, 3.8) is 0 Å². The van der Waals surface area contributed by atoms with Gasteiger partial charge in [0.2, 0.25) is 5.91 Å². The van der Waals surface area contributed by atoms with E-state index < -0.39 is 0 Å². The highest BCUT2D eigenvalue weighted by Gasteiger charge is 2.30. The normalized spacial score (nSPS) is 16.8. The van der Waals surface area contributed by atoms with Crippen LogP contribution >= 0.6 is 0 Å². The summed E-state index contributed by atoms with van der Waals surface area (Å²) in [5, 5.41) is 3.35. The highest BCUT2D eigenvalue weighted by atomic mass is 16.5. The number of nitrogens with one attached hydrogen (secondary N) is 1. The average Bonchev–Trinajstić information content (AvgIpc) is 3.41. The third-order valence-electron chi connectivity index (χ3n) is 5.20. The fraction of sp³-hybridized carbons (Fsp3) is 0.381. The molecule has 4 rings (SSSR count). The zero-order valence-corrected chi connectivity index (χ0v) is 16.7. The predicted octanol–water partition coefficient (Wildman–Crippen LogP) is 2.19. The molecule has 3 aromatic rings. The van der Waals surface area contributed by atoms with E-state index in [1.165, 1.54) is 0 Å². The first-order valence-electron chi connectivity index (χ1n) is 9.72. The SMILES string of the molecule is COc1ccc(-c2cnc(CCC(=O)N3CCNCC3c3nccn3C)o2)cc1. The van der Waals surface area contributed by atoms with Crippen molar-refractivity contribution in [2.75, 3.05) is 26.7 Å². The highest BCUT2D eigenvalue weighted by Crippen LogP contribution is 2.25. The van der Waals surface area contributed by atoms with Crippen molar-refractivity contribution in [1.29, 1.82) is 0 Å². The van der Waals surface area contributed by atoms with Crippen molar-refractivity contribution in [3.8, 4) is 17.1 Å². The van der Waals surface area contributed by atoms with E-state index in [-0.39, 0.29) is 11.9 Å². The molecule has 1 atom stereocenters. The quantitative estimate of drug-likeness (QED) is 0.689. The molecular weight excluding hydrogens is 370 g/mol. The van der Waals surface area contributed by atoms with Crippen LogP contribution in [0.5, 0.6) is 5.75 Å². The summed E-state index contributed by atoms with van der Waals surface area (Å²) in [6, 6.07) is 7.54. The number of aromatic nitrogens is 3. The molecule has 0 bridgehead atoms. The van der Waals surface area contributed by atoms with Crippen LogP contribution in [0, 0.1) is 0 Å². The number of hydrogen-bond donors (Lipinski definition) is 1. The molecule has 1 saturated heterocycles. The van der Waals surface area contributed by atoms with E-state index in [4.69, 9.17) is 9.15 Å². The zero-order chi connectivity index (χ0) is 20.2. The Hall–Kier alpha value is -3.13. The minimum absolute atomic E-state index is 0.0596. The molecule has 1 amide bonds. The second-order valence-electron chi connectivity index (χ2n) is 7.05. The summed E-state index contributed by atoms with van der Waals surface area (Å²) in [5.41, 5.74) is 0.924. The van der Waals surface area contributed by atoms with Crippen LogP contribution in [0.2, 0.25) is 0 Å². The molecule has 8 heteroatoms. The Labute approximate surface area is 169 Å². The third-order valence-corrected chi connectivity index (χ3v) is 5.20. The van der Waals surface area contributed by atoms with Gasteiger partial charge in [0.05, 0.1) is 13.3 Å². The lowest BCUT2D eigenvalue weighted by molar-refractivity contribution is -0.134. The summed E-state index contributed by atoms with van der Waals surface area (Å²) in [6.07, 6.45) is 6.18. The van der Waals surface area contributed by atoms with Crippen LogP contribution in [0.3, 0.4) is 0 Å². The molecule has 2 aromatic heterocycles. The molecule has 0 radical (unpaired) electrons. The van der Waals surface area contributed by atoms with Crippen LogP contribution in [0.1, 0.15) is 24.2 Å². The van der Waals surface area contributed by atoms with Crippen molar-refractivity contribution in [2.24, 2.45) is 7.05 Å². The molecule has 152 valence electrons. The number of carbonyl (C=O) groups excluding carboxylic acids is 1. The Bertz CT molecular complexity index is 963. The van der Waals surface area contributed by atoms with E-state index in [0.717, 1.165) is 23.7 Å². The number of nitrogens with zero attached hydrogens (tertiary/aromatic N) is 4. The number of amides is 1. The number of rotatable bonds is 6. The first-order valence-corrected chi connectivity index (χ1v) is 9.72. The topological polar surface area (TPSA) is 85.4 Å². The van der Waals surface area contributed by atoms with Crippen molar-refractivity contribution >= 4 is 5.91 Å². The van der Waals surface area contributed by atoms with Gasteiger partial charge in [-0.1, -0.05) is 0 Å². The number of benzene rings is 1. The summed E-state index contributed by atoms with van der Waals surface area (Å²) in [5.74, 6) is 3.01. The number of methoxy groups -OCH3 is 1. The van der Waals surface area contributed by atoms with E-state index in [1.807, 2.05) is 47.0 Å². The first kappa shape index (κ1) is 19.2. The van der Waals surface area contributed by atoms with Gasteiger partial charge in [-0.3, -0.25) is 4.79 Å². The Balaban J connectivity index is 1.40. The van der Waals surface area contributed by atoms with Gasteiger partial charge >= 0.3 is 0 Å². The van der Waals surface area contributed by atoms with Crippen LogP contribution in [0.25, 0.3) is 11.3 Å². The lowest BCUT2D eigenvalue weighted by atomic mass is 10.1. The van der Waals surface area contributed by atoms with Crippen LogP contribution in [-0.2, 0) is 18.3 Å². The number of aryl methyl sites for hydroxylation is 2. The number of piperazine rings is 1. The summed E-state index contributed by atoms with van der Waals surface area (Å²) >= 11 is 0. The Morgan fingerprint density at radius 1 is 1.31 bits per heavy atom. The Morgan fingerprint density at radius 3 is 2.86 bits per heavy atom. The maximum atomic E-state index is 12.9. The lowest BCUT2D eigenvalue weighted by Gasteiger charge is -2.35. The van der Waals surface area contributed by atoms with E-state index in [0.29, 0.717) is 37.6 Å². The first-order chi connectivity index (χ1) is 14.2. The minimum atomic E-state index is -0.0596. The molecule has 8 nitrogen and oxygen atoms in total. The molecule has 1 aromatic carbocycles. The fourth-order valence-corrected chi connectivity index (χ4v) is 3.60. The predicted molar refractivity (Wildman–Crippen MR) is 107 cm³/mol. The molecule has 0 spiro atoms. The van der Waals surface area contributed by atoms with Gasteiger partial charge in [-0.15, -0.1) is 0 Å². The highest BCUT2D eigenvalue weighted by molar-refractivity contribution is 5.77. The number of ether oxygens (including phenoxy) is 1. The second-order valence-corrected chi connectivity index (χ2v) is 7.05. The largest absolute Gasteiger partial charge is 0.497 e. The molecule has 1 aliphatic rings. The van der Waals surface area contributed by atoms with Gasteiger partial charge in [0.15, 0.2) is 11.7 Å². The molecule has 29 heavy (non-hydrogen) atoms. The maximum absolute atomic E-state index is 12.9. The van der Waals surface area contributed by atoms with Crippen molar-refractivity contribution in [3.05, 3.63) is 54.6 Å². The number of hydrogen-bond acceptors (Lipinski definition) is 6. The monoisotopic (exact) mass is 395 g/mol. The molecule has 1 unspecified atom stereocenters. The number of carbonyl (C=O) groups is 1. The van der Waals surface area contributed by atoms with Crippen LogP contribution in [-0.4, -0.2) is 52.1 Å². The van der Waals surface area contributed by atoms with Gasteiger partial charge in [0, 0.05) is 57.5 Å². The van der Waals surface area contributed by atoms with Crippen LogP contribution < -0.4 is 10.1 Å². The van der Waals surface area contributed by atoms with Crippen molar-refractivity contribution in [1.82, 2.24) is 24.8 Å². The fourth-order valence-electron chi connectivity index (χ4n) is 3.60. The molecule has 3 heterocycles. The van der Waals surface area contributed by atoms with Gasteiger partial charge in [0.1, 0.15) is 17.6 Å². The third kappa shape index (κ3) is 4.17.